The summed E-state index contributed by atoms with van der Waals surface area (Å²) >= 11 is 0. The van der Waals surface area contributed by atoms with Gasteiger partial charge in [0.15, 0.2) is 0 Å². The number of ether oxygens (including phenoxy) is 1. The van der Waals surface area contributed by atoms with Crippen molar-refractivity contribution in [2.45, 2.75) is 52.6 Å². The number of hydrogen-bond acceptors (Lipinski definition) is 3. The lowest BCUT2D eigenvalue weighted by atomic mass is 10.0. The Morgan fingerprint density at radius 3 is 2.26 bits per heavy atom. The Morgan fingerprint density at radius 1 is 1.16 bits per heavy atom. The van der Waals surface area contributed by atoms with Gasteiger partial charge in [0.25, 0.3) is 0 Å². The summed E-state index contributed by atoms with van der Waals surface area (Å²) in [6, 6.07) is 8.52. The summed E-state index contributed by atoms with van der Waals surface area (Å²) in [5.41, 5.74) is 1.88. The van der Waals surface area contributed by atoms with Gasteiger partial charge in [-0.2, -0.15) is 0 Å². The third kappa shape index (κ3) is 5.03. The SMILES string of the molecule is CCCc1ccc(CNC(C)(C)C(=O)OCC)cc1. The maximum Gasteiger partial charge on any atom is 0.325 e. The van der Waals surface area contributed by atoms with Crippen molar-refractivity contribution in [1.82, 2.24) is 5.32 Å². The van der Waals surface area contributed by atoms with Gasteiger partial charge in [-0.15, -0.1) is 0 Å². The first-order valence-corrected chi connectivity index (χ1v) is 6.99. The van der Waals surface area contributed by atoms with Gasteiger partial charge < -0.3 is 4.74 Å². The van der Waals surface area contributed by atoms with E-state index in [1.807, 2.05) is 20.8 Å². The highest BCUT2D eigenvalue weighted by Gasteiger charge is 2.28. The Morgan fingerprint density at radius 2 is 1.74 bits per heavy atom. The molecule has 3 nitrogen and oxygen atoms in total. The van der Waals surface area contributed by atoms with Crippen molar-refractivity contribution in [3.05, 3.63) is 35.4 Å². The molecule has 0 bridgehead atoms. The fraction of sp³-hybridized carbons (Fsp3) is 0.562. The summed E-state index contributed by atoms with van der Waals surface area (Å²) in [5.74, 6) is -0.211. The van der Waals surface area contributed by atoms with Crippen molar-refractivity contribution < 1.29 is 9.53 Å². The van der Waals surface area contributed by atoms with Crippen molar-refractivity contribution in [2.75, 3.05) is 6.61 Å². The number of aryl methyl sites for hydroxylation is 1. The molecular weight excluding hydrogens is 238 g/mol. The van der Waals surface area contributed by atoms with Crippen LogP contribution in [0.4, 0.5) is 0 Å². The average Bonchev–Trinajstić information content (AvgIpc) is 2.39. The molecule has 0 aliphatic carbocycles. The largest absolute Gasteiger partial charge is 0.465 e. The highest BCUT2D eigenvalue weighted by atomic mass is 16.5. The molecule has 0 unspecified atom stereocenters. The van der Waals surface area contributed by atoms with Crippen molar-refractivity contribution in [1.29, 1.82) is 0 Å². The second-order valence-corrected chi connectivity index (χ2v) is 5.27. The third-order valence-corrected chi connectivity index (χ3v) is 3.08. The van der Waals surface area contributed by atoms with Crippen LogP contribution in [0.5, 0.6) is 0 Å². The molecule has 0 fully saturated rings. The second kappa shape index (κ2) is 7.29. The summed E-state index contributed by atoms with van der Waals surface area (Å²) in [5, 5.41) is 3.24. The molecule has 0 radical (unpaired) electrons. The Labute approximate surface area is 116 Å². The van der Waals surface area contributed by atoms with Gasteiger partial charge in [-0.1, -0.05) is 37.6 Å². The van der Waals surface area contributed by atoms with Crippen molar-refractivity contribution in [3.8, 4) is 0 Å². The molecule has 1 aromatic rings. The molecule has 0 aromatic heterocycles. The van der Waals surface area contributed by atoms with Gasteiger partial charge in [-0.25, -0.2) is 0 Å². The number of carbonyl (C=O) groups is 1. The van der Waals surface area contributed by atoms with E-state index in [4.69, 9.17) is 4.74 Å². The van der Waals surface area contributed by atoms with Crippen LogP contribution in [0, 0.1) is 0 Å². The van der Waals surface area contributed by atoms with Gasteiger partial charge in [0.1, 0.15) is 5.54 Å². The summed E-state index contributed by atoms with van der Waals surface area (Å²) < 4.78 is 5.04. The standard InChI is InChI=1S/C16H25NO2/c1-5-7-13-8-10-14(11-9-13)12-17-16(3,4)15(18)19-6-2/h8-11,17H,5-7,12H2,1-4H3. The Balaban J connectivity index is 2.53. The van der Waals surface area contributed by atoms with Crippen molar-refractivity contribution in [3.63, 3.8) is 0 Å². The van der Waals surface area contributed by atoms with Gasteiger partial charge in [0.05, 0.1) is 6.61 Å². The summed E-state index contributed by atoms with van der Waals surface area (Å²) in [7, 11) is 0. The normalized spacial score (nSPS) is 11.4. The van der Waals surface area contributed by atoms with Crippen LogP contribution in [-0.2, 0) is 22.5 Å². The molecule has 1 N–H and O–H groups in total. The Bertz CT molecular complexity index is 396. The zero-order valence-electron chi connectivity index (χ0n) is 12.5. The minimum atomic E-state index is -0.655. The molecular formula is C16H25NO2. The number of hydrogen-bond donors (Lipinski definition) is 1. The molecule has 106 valence electrons. The van der Waals surface area contributed by atoms with Crippen LogP contribution < -0.4 is 5.32 Å². The maximum atomic E-state index is 11.7. The van der Waals surface area contributed by atoms with Crippen molar-refractivity contribution in [2.24, 2.45) is 0 Å². The monoisotopic (exact) mass is 263 g/mol. The molecule has 0 spiro atoms. The highest BCUT2D eigenvalue weighted by Crippen LogP contribution is 2.10. The van der Waals surface area contributed by atoms with Crippen LogP contribution in [0.25, 0.3) is 0 Å². The predicted octanol–water partition coefficient (Wildman–Crippen LogP) is 3.07. The molecule has 0 aliphatic heterocycles. The van der Waals surface area contributed by atoms with E-state index in [9.17, 15) is 4.79 Å². The minimum Gasteiger partial charge on any atom is -0.465 e. The van der Waals surface area contributed by atoms with Gasteiger partial charge in [-0.05, 0) is 38.3 Å². The van der Waals surface area contributed by atoms with E-state index in [0.717, 1.165) is 12.8 Å². The fourth-order valence-corrected chi connectivity index (χ4v) is 1.82. The second-order valence-electron chi connectivity index (χ2n) is 5.27. The molecule has 0 saturated carbocycles. The van der Waals surface area contributed by atoms with Crippen LogP contribution >= 0.6 is 0 Å². The van der Waals surface area contributed by atoms with E-state index in [2.05, 4.69) is 36.5 Å². The van der Waals surface area contributed by atoms with Crippen LogP contribution in [-0.4, -0.2) is 18.1 Å². The highest BCUT2D eigenvalue weighted by molar-refractivity contribution is 5.79. The molecule has 0 heterocycles. The molecule has 0 amide bonds. The van der Waals surface area contributed by atoms with Crippen LogP contribution in [0.3, 0.4) is 0 Å². The quantitative estimate of drug-likeness (QED) is 0.768. The molecule has 19 heavy (non-hydrogen) atoms. The first-order chi connectivity index (χ1) is 8.99. The van der Waals surface area contributed by atoms with E-state index in [1.54, 1.807) is 0 Å². The van der Waals surface area contributed by atoms with Gasteiger partial charge in [0.2, 0.25) is 0 Å². The average molecular weight is 263 g/mol. The van der Waals surface area contributed by atoms with Crippen molar-refractivity contribution >= 4 is 5.97 Å². The lowest BCUT2D eigenvalue weighted by Gasteiger charge is -2.24. The summed E-state index contributed by atoms with van der Waals surface area (Å²) in [6.07, 6.45) is 2.27. The number of rotatable bonds is 7. The minimum absolute atomic E-state index is 0.211. The molecule has 3 heteroatoms. The van der Waals surface area contributed by atoms with Crippen LogP contribution in [0.15, 0.2) is 24.3 Å². The van der Waals surface area contributed by atoms with E-state index in [-0.39, 0.29) is 5.97 Å². The lowest BCUT2D eigenvalue weighted by Crippen LogP contribution is -2.47. The lowest BCUT2D eigenvalue weighted by molar-refractivity contribution is -0.149. The predicted molar refractivity (Wildman–Crippen MR) is 78.0 cm³/mol. The van der Waals surface area contributed by atoms with E-state index >= 15 is 0 Å². The van der Waals surface area contributed by atoms with Gasteiger partial charge in [-0.3, -0.25) is 10.1 Å². The topological polar surface area (TPSA) is 38.3 Å². The molecule has 1 aromatic carbocycles. The zero-order chi connectivity index (χ0) is 14.3. The third-order valence-electron chi connectivity index (χ3n) is 3.08. The molecule has 0 atom stereocenters. The first-order valence-electron chi connectivity index (χ1n) is 6.99. The van der Waals surface area contributed by atoms with Crippen LogP contribution in [0.2, 0.25) is 0 Å². The first kappa shape index (κ1) is 15.7. The Hall–Kier alpha value is -1.35. The summed E-state index contributed by atoms with van der Waals surface area (Å²) in [6.45, 7) is 8.76. The smallest absolute Gasteiger partial charge is 0.325 e. The summed E-state index contributed by atoms with van der Waals surface area (Å²) in [4.78, 5) is 11.7. The fourth-order valence-electron chi connectivity index (χ4n) is 1.82. The van der Waals surface area contributed by atoms with Gasteiger partial charge in [0, 0.05) is 6.54 Å². The molecule has 0 aliphatic rings. The zero-order valence-corrected chi connectivity index (χ0v) is 12.5. The van der Waals surface area contributed by atoms with E-state index < -0.39 is 5.54 Å². The van der Waals surface area contributed by atoms with Gasteiger partial charge >= 0.3 is 5.97 Å². The number of benzene rings is 1. The molecule has 0 saturated heterocycles. The Kier molecular flexibility index (Phi) is 6.03. The van der Waals surface area contributed by atoms with E-state index in [0.29, 0.717) is 13.2 Å². The van der Waals surface area contributed by atoms with Crippen LogP contribution in [0.1, 0.15) is 45.2 Å². The molecule has 1 rings (SSSR count). The maximum absolute atomic E-state index is 11.7. The number of carbonyl (C=O) groups excluding carboxylic acids is 1. The number of esters is 1. The number of nitrogens with one attached hydrogen (secondary N) is 1. The van der Waals surface area contributed by atoms with E-state index in [1.165, 1.54) is 11.1 Å².